The normalized spacial score (nSPS) is 18.9. The lowest BCUT2D eigenvalue weighted by atomic mass is 10.0. The van der Waals surface area contributed by atoms with Crippen molar-refractivity contribution in [1.29, 1.82) is 0 Å². The molecule has 0 aromatic rings. The van der Waals surface area contributed by atoms with Gasteiger partial charge in [0, 0.05) is 6.92 Å². The van der Waals surface area contributed by atoms with Gasteiger partial charge < -0.3 is 14.8 Å². The standard InChI is InChI=1S/C27H52N2O6S/c1-5-6-7-8-9-10-11-12-13-14-15-16-17-20-36(32,33)29-25(21-22(2)3)26(31)28-24-18-19-34-27(24)35-23(4)30/h22,24-25,27,29H,5-21H2,1-4H3,(H,28,31)/t24-,25?,27-/m0/s1. The molecular weight excluding hydrogens is 480 g/mol. The van der Waals surface area contributed by atoms with Crippen molar-refractivity contribution in [3.8, 4) is 0 Å². The zero-order chi connectivity index (χ0) is 26.8. The summed E-state index contributed by atoms with van der Waals surface area (Å²) >= 11 is 0. The number of sulfonamides is 1. The van der Waals surface area contributed by atoms with Gasteiger partial charge >= 0.3 is 5.97 Å². The van der Waals surface area contributed by atoms with E-state index in [9.17, 15) is 18.0 Å². The van der Waals surface area contributed by atoms with Crippen molar-refractivity contribution in [1.82, 2.24) is 10.0 Å². The van der Waals surface area contributed by atoms with Gasteiger partial charge in [-0.15, -0.1) is 0 Å². The number of ether oxygens (including phenoxy) is 2. The summed E-state index contributed by atoms with van der Waals surface area (Å²) in [5, 5.41) is 2.81. The van der Waals surface area contributed by atoms with Crippen LogP contribution in [0.25, 0.3) is 0 Å². The van der Waals surface area contributed by atoms with Crippen LogP contribution in [0.1, 0.15) is 124 Å². The zero-order valence-electron chi connectivity index (χ0n) is 23.2. The second-order valence-electron chi connectivity index (χ2n) is 10.6. The summed E-state index contributed by atoms with van der Waals surface area (Å²) in [7, 11) is -3.58. The van der Waals surface area contributed by atoms with Crippen LogP contribution in [0, 0.1) is 5.92 Å². The molecule has 0 aromatic heterocycles. The van der Waals surface area contributed by atoms with Crippen molar-refractivity contribution in [3.05, 3.63) is 0 Å². The molecule has 1 fully saturated rings. The van der Waals surface area contributed by atoms with E-state index in [1.807, 2.05) is 13.8 Å². The number of amides is 1. The average Bonchev–Trinajstić information content (AvgIpc) is 3.21. The molecule has 1 aliphatic rings. The summed E-state index contributed by atoms with van der Waals surface area (Å²) in [6, 6.07) is -1.35. The molecule has 9 heteroatoms. The van der Waals surface area contributed by atoms with Gasteiger partial charge in [0.15, 0.2) is 0 Å². The molecule has 1 saturated heterocycles. The van der Waals surface area contributed by atoms with E-state index < -0.39 is 40.3 Å². The van der Waals surface area contributed by atoms with E-state index in [-0.39, 0.29) is 11.7 Å². The minimum atomic E-state index is -3.58. The Morgan fingerprint density at radius 1 is 0.917 bits per heavy atom. The number of nitrogens with one attached hydrogen (secondary N) is 2. The van der Waals surface area contributed by atoms with Crippen LogP contribution in [0.3, 0.4) is 0 Å². The first kappa shape index (κ1) is 32.8. The summed E-state index contributed by atoms with van der Waals surface area (Å²) in [5.74, 6) is -0.748. The fourth-order valence-electron chi connectivity index (χ4n) is 4.53. The maximum atomic E-state index is 12.9. The molecule has 0 bridgehead atoms. The van der Waals surface area contributed by atoms with E-state index in [2.05, 4.69) is 17.0 Å². The van der Waals surface area contributed by atoms with Crippen LogP contribution in [-0.2, 0) is 29.1 Å². The van der Waals surface area contributed by atoms with Crippen molar-refractivity contribution in [2.75, 3.05) is 12.4 Å². The maximum absolute atomic E-state index is 12.9. The van der Waals surface area contributed by atoms with Crippen LogP contribution in [0.5, 0.6) is 0 Å². The molecule has 0 aromatic carbocycles. The van der Waals surface area contributed by atoms with Crippen LogP contribution in [-0.4, -0.2) is 51.0 Å². The van der Waals surface area contributed by atoms with Crippen molar-refractivity contribution in [2.24, 2.45) is 5.92 Å². The molecule has 36 heavy (non-hydrogen) atoms. The van der Waals surface area contributed by atoms with Gasteiger partial charge in [0.25, 0.3) is 0 Å². The van der Waals surface area contributed by atoms with E-state index in [4.69, 9.17) is 9.47 Å². The molecule has 0 spiro atoms. The summed E-state index contributed by atoms with van der Waals surface area (Å²) in [4.78, 5) is 24.2. The van der Waals surface area contributed by atoms with Crippen molar-refractivity contribution in [2.45, 2.75) is 142 Å². The molecular formula is C27H52N2O6S. The van der Waals surface area contributed by atoms with Gasteiger partial charge in [-0.3, -0.25) is 9.59 Å². The molecule has 212 valence electrons. The molecule has 0 aliphatic carbocycles. The Morgan fingerprint density at radius 3 is 1.94 bits per heavy atom. The number of carbonyl (C=O) groups is 2. The quantitative estimate of drug-likeness (QED) is 0.155. The first-order valence-corrected chi connectivity index (χ1v) is 15.9. The summed E-state index contributed by atoms with van der Waals surface area (Å²) in [6.07, 6.45) is 15.5. The number of esters is 1. The smallest absolute Gasteiger partial charge is 0.305 e. The fraction of sp³-hybridized carbons (Fsp3) is 0.926. The van der Waals surface area contributed by atoms with Gasteiger partial charge in [0.1, 0.15) is 6.04 Å². The molecule has 1 heterocycles. The molecule has 3 atom stereocenters. The number of hydrogen-bond donors (Lipinski definition) is 2. The highest BCUT2D eigenvalue weighted by Crippen LogP contribution is 2.17. The Hall–Kier alpha value is -1.19. The number of rotatable bonds is 21. The van der Waals surface area contributed by atoms with Gasteiger partial charge in [0.05, 0.1) is 18.4 Å². The first-order valence-electron chi connectivity index (χ1n) is 14.2. The van der Waals surface area contributed by atoms with E-state index in [0.717, 1.165) is 19.3 Å². The Morgan fingerprint density at radius 2 is 1.44 bits per heavy atom. The molecule has 2 N–H and O–H groups in total. The Bertz CT molecular complexity index is 713. The average molecular weight is 533 g/mol. The number of unbranched alkanes of at least 4 members (excludes halogenated alkanes) is 12. The minimum absolute atomic E-state index is 0.0231. The van der Waals surface area contributed by atoms with Gasteiger partial charge in [-0.25, -0.2) is 13.1 Å². The van der Waals surface area contributed by atoms with Crippen LogP contribution in [0.2, 0.25) is 0 Å². The molecule has 1 aliphatic heterocycles. The monoisotopic (exact) mass is 532 g/mol. The lowest BCUT2D eigenvalue weighted by Gasteiger charge is -2.24. The first-order chi connectivity index (χ1) is 17.1. The summed E-state index contributed by atoms with van der Waals surface area (Å²) < 4.78 is 38.5. The number of hydrogen-bond acceptors (Lipinski definition) is 6. The van der Waals surface area contributed by atoms with E-state index >= 15 is 0 Å². The predicted octanol–water partition coefficient (Wildman–Crippen LogP) is 5.21. The Balaban J connectivity index is 2.31. The zero-order valence-corrected chi connectivity index (χ0v) is 24.0. The topological polar surface area (TPSA) is 111 Å². The lowest BCUT2D eigenvalue weighted by molar-refractivity contribution is -0.170. The SMILES string of the molecule is CCCCCCCCCCCCCCCS(=O)(=O)NC(CC(C)C)C(=O)N[C@H]1CCO[C@H]1OC(C)=O. The Kier molecular flexibility index (Phi) is 17.3. The number of carbonyl (C=O) groups excluding carboxylic acids is 2. The van der Waals surface area contributed by atoms with Gasteiger partial charge in [-0.2, -0.15) is 0 Å². The molecule has 1 rings (SSSR count). The van der Waals surface area contributed by atoms with Crippen LogP contribution in [0.15, 0.2) is 0 Å². The third-order valence-electron chi connectivity index (χ3n) is 6.51. The molecule has 0 radical (unpaired) electrons. The van der Waals surface area contributed by atoms with E-state index in [1.165, 1.54) is 64.7 Å². The van der Waals surface area contributed by atoms with Crippen molar-refractivity contribution < 1.29 is 27.5 Å². The van der Waals surface area contributed by atoms with E-state index in [0.29, 0.717) is 25.9 Å². The summed E-state index contributed by atoms with van der Waals surface area (Å²) in [6.45, 7) is 7.78. The molecule has 8 nitrogen and oxygen atoms in total. The molecule has 1 amide bonds. The molecule has 1 unspecified atom stereocenters. The van der Waals surface area contributed by atoms with Gasteiger partial charge in [-0.1, -0.05) is 97.8 Å². The second kappa shape index (κ2) is 19.0. The Labute approximate surface area is 220 Å². The van der Waals surface area contributed by atoms with E-state index in [1.54, 1.807) is 0 Å². The highest BCUT2D eigenvalue weighted by Gasteiger charge is 2.34. The van der Waals surface area contributed by atoms with Crippen molar-refractivity contribution in [3.63, 3.8) is 0 Å². The largest absolute Gasteiger partial charge is 0.434 e. The highest BCUT2D eigenvalue weighted by atomic mass is 32.2. The van der Waals surface area contributed by atoms with Gasteiger partial charge in [-0.05, 0) is 25.2 Å². The van der Waals surface area contributed by atoms with Crippen LogP contribution in [0.4, 0.5) is 0 Å². The third-order valence-corrected chi connectivity index (χ3v) is 7.98. The second-order valence-corrected chi connectivity index (χ2v) is 12.5. The summed E-state index contributed by atoms with van der Waals surface area (Å²) in [5.41, 5.74) is 0. The predicted molar refractivity (Wildman–Crippen MR) is 144 cm³/mol. The minimum Gasteiger partial charge on any atom is -0.434 e. The van der Waals surface area contributed by atoms with Crippen molar-refractivity contribution >= 4 is 21.9 Å². The van der Waals surface area contributed by atoms with Crippen LogP contribution >= 0.6 is 0 Å². The fourth-order valence-corrected chi connectivity index (χ4v) is 5.87. The lowest BCUT2D eigenvalue weighted by Crippen LogP contribution is -2.52. The third kappa shape index (κ3) is 15.8. The van der Waals surface area contributed by atoms with Gasteiger partial charge in [0.2, 0.25) is 22.2 Å². The maximum Gasteiger partial charge on any atom is 0.305 e. The highest BCUT2D eigenvalue weighted by molar-refractivity contribution is 7.89. The molecule has 0 saturated carbocycles. The van der Waals surface area contributed by atoms with Crippen LogP contribution < -0.4 is 10.0 Å².